The second-order valence-corrected chi connectivity index (χ2v) is 11.5. The minimum Gasteiger partial charge on any atom is -0.300 e. The van der Waals surface area contributed by atoms with Crippen molar-refractivity contribution < 1.29 is 9.59 Å². The van der Waals surface area contributed by atoms with Crippen LogP contribution in [0.1, 0.15) is 168 Å². The molecule has 0 bridgehead atoms. The summed E-state index contributed by atoms with van der Waals surface area (Å²) in [7, 11) is 0. The zero-order chi connectivity index (χ0) is 24.7. The molecule has 0 aromatic carbocycles. The highest BCUT2D eigenvalue weighted by atomic mass is 16.1. The predicted octanol–water partition coefficient (Wildman–Crippen LogP) is 10.3. The van der Waals surface area contributed by atoms with Crippen molar-refractivity contribution in [2.75, 3.05) is 0 Å². The van der Waals surface area contributed by atoms with Gasteiger partial charge in [-0.3, -0.25) is 9.59 Å². The summed E-state index contributed by atoms with van der Waals surface area (Å²) in [6.07, 6.45) is 34.0. The Morgan fingerprint density at radius 3 is 1.44 bits per heavy atom. The quantitative estimate of drug-likeness (QED) is 0.327. The summed E-state index contributed by atoms with van der Waals surface area (Å²) < 4.78 is 0. The molecule has 0 radical (unpaired) electrons. The summed E-state index contributed by atoms with van der Waals surface area (Å²) in [4.78, 5) is 23.4. The van der Waals surface area contributed by atoms with Gasteiger partial charge in [-0.05, 0) is 43.9 Å². The highest BCUT2D eigenvalue weighted by Crippen LogP contribution is 2.19. The summed E-state index contributed by atoms with van der Waals surface area (Å²) in [5.74, 6) is 2.13. The van der Waals surface area contributed by atoms with Crippen LogP contribution in [0, 0.1) is 11.8 Å². The highest BCUT2D eigenvalue weighted by Gasteiger charge is 2.09. The molecule has 2 heteroatoms. The molecule has 0 heterocycles. The molecule has 2 nitrogen and oxygen atoms in total. The van der Waals surface area contributed by atoms with E-state index in [0.717, 1.165) is 44.9 Å². The first-order chi connectivity index (χ1) is 16.6. The molecule has 2 rings (SSSR count). The van der Waals surface area contributed by atoms with Gasteiger partial charge in [0.2, 0.25) is 0 Å². The number of hydrogen-bond acceptors (Lipinski definition) is 2. The lowest BCUT2D eigenvalue weighted by atomic mass is 9.95. The minimum atomic E-state index is 0.473. The van der Waals surface area contributed by atoms with Crippen molar-refractivity contribution in [2.45, 2.75) is 168 Å². The maximum absolute atomic E-state index is 11.7. The van der Waals surface area contributed by atoms with Crippen molar-refractivity contribution in [3.8, 4) is 0 Å². The maximum atomic E-state index is 11.7. The fourth-order valence-corrected chi connectivity index (χ4v) is 5.31. The Bertz CT molecular complexity index is 521. The summed E-state index contributed by atoms with van der Waals surface area (Å²) in [5.41, 5.74) is 0. The van der Waals surface area contributed by atoms with Crippen LogP contribution < -0.4 is 0 Å². The molecule has 2 atom stereocenters. The van der Waals surface area contributed by atoms with Gasteiger partial charge in [-0.15, -0.1) is 0 Å². The Kier molecular flexibility index (Phi) is 20.6. The van der Waals surface area contributed by atoms with Gasteiger partial charge >= 0.3 is 0 Å². The number of rotatable bonds is 0. The predicted molar refractivity (Wildman–Crippen MR) is 148 cm³/mol. The lowest BCUT2D eigenvalue weighted by Crippen LogP contribution is -2.05. The number of ketones is 2. The fourth-order valence-electron chi connectivity index (χ4n) is 5.31. The first kappa shape index (κ1) is 31.1. The SMILES string of the molecule is CC1CC=CCCCCCCCCCC(=O)C1.CC1CCCCCCCCCCCCC(=O)C1. The van der Waals surface area contributed by atoms with E-state index in [1.165, 1.54) is 109 Å². The van der Waals surface area contributed by atoms with E-state index in [0.29, 0.717) is 23.4 Å². The molecule has 2 unspecified atom stereocenters. The van der Waals surface area contributed by atoms with Crippen LogP contribution in [0.3, 0.4) is 0 Å². The lowest BCUT2D eigenvalue weighted by molar-refractivity contribution is -0.120. The van der Waals surface area contributed by atoms with Gasteiger partial charge in [-0.1, -0.05) is 122 Å². The van der Waals surface area contributed by atoms with E-state index in [2.05, 4.69) is 26.0 Å². The van der Waals surface area contributed by atoms with Crippen molar-refractivity contribution in [1.29, 1.82) is 0 Å². The molecule has 0 aromatic heterocycles. The first-order valence-corrected chi connectivity index (χ1v) is 15.3. The Hall–Kier alpha value is -0.920. The van der Waals surface area contributed by atoms with Crippen LogP contribution in [0.15, 0.2) is 12.2 Å². The largest absolute Gasteiger partial charge is 0.300 e. The van der Waals surface area contributed by atoms with Gasteiger partial charge in [-0.2, -0.15) is 0 Å². The molecule has 0 aromatic rings. The number of Topliss-reactive ketones (excluding diaryl/α,β-unsaturated/α-hetero) is 2. The van der Waals surface area contributed by atoms with Crippen LogP contribution in [0.4, 0.5) is 0 Å². The van der Waals surface area contributed by atoms with E-state index in [-0.39, 0.29) is 0 Å². The maximum Gasteiger partial charge on any atom is 0.133 e. The van der Waals surface area contributed by atoms with Crippen LogP contribution >= 0.6 is 0 Å². The average molecular weight is 475 g/mol. The van der Waals surface area contributed by atoms with E-state index in [1.54, 1.807) is 0 Å². The third kappa shape index (κ3) is 20.5. The van der Waals surface area contributed by atoms with E-state index in [9.17, 15) is 9.59 Å². The Labute approximate surface area is 213 Å². The molecule has 0 aliphatic heterocycles. The average Bonchev–Trinajstić information content (AvgIpc) is 2.81. The van der Waals surface area contributed by atoms with Crippen LogP contribution in [0.2, 0.25) is 0 Å². The van der Waals surface area contributed by atoms with Crippen molar-refractivity contribution >= 4 is 11.6 Å². The van der Waals surface area contributed by atoms with E-state index >= 15 is 0 Å². The second-order valence-electron chi connectivity index (χ2n) is 11.5. The number of carbonyl (C=O) groups excluding carboxylic acids is 2. The third-order valence-corrected chi connectivity index (χ3v) is 7.59. The van der Waals surface area contributed by atoms with Crippen LogP contribution in [-0.4, -0.2) is 11.6 Å². The molecule has 2 aliphatic rings. The van der Waals surface area contributed by atoms with E-state index in [1.807, 2.05) is 0 Å². The number of allylic oxidation sites excluding steroid dienone is 2. The first-order valence-electron chi connectivity index (χ1n) is 15.3. The molecule has 2 aliphatic carbocycles. The standard InChI is InChI=1S/C16H30O.C16H28O/c2*1-15-12-10-8-6-4-2-3-5-7-9-11-13-16(17)14-15/h15H,2-14H2,1H3;8,10,15H,2-7,9,11-14H2,1H3. The zero-order valence-electron chi connectivity index (χ0n) is 23.1. The van der Waals surface area contributed by atoms with Gasteiger partial charge in [0.15, 0.2) is 0 Å². The highest BCUT2D eigenvalue weighted by molar-refractivity contribution is 5.78. The van der Waals surface area contributed by atoms with Gasteiger partial charge in [0.05, 0.1) is 0 Å². The van der Waals surface area contributed by atoms with Crippen molar-refractivity contribution in [3.63, 3.8) is 0 Å². The van der Waals surface area contributed by atoms with E-state index in [4.69, 9.17) is 0 Å². The van der Waals surface area contributed by atoms with Crippen LogP contribution in [0.25, 0.3) is 0 Å². The molecule has 0 saturated heterocycles. The fraction of sp³-hybridized carbons (Fsp3) is 0.875. The third-order valence-electron chi connectivity index (χ3n) is 7.59. The van der Waals surface area contributed by atoms with Crippen molar-refractivity contribution in [3.05, 3.63) is 12.2 Å². The van der Waals surface area contributed by atoms with Gasteiger partial charge in [0.25, 0.3) is 0 Å². The van der Waals surface area contributed by atoms with Gasteiger partial charge in [-0.25, -0.2) is 0 Å². The van der Waals surface area contributed by atoms with E-state index < -0.39 is 0 Å². The molecule has 0 N–H and O–H groups in total. The van der Waals surface area contributed by atoms with Crippen LogP contribution in [-0.2, 0) is 9.59 Å². The summed E-state index contributed by atoms with van der Waals surface area (Å²) in [6.45, 7) is 4.44. The lowest BCUT2D eigenvalue weighted by Gasteiger charge is -2.10. The topological polar surface area (TPSA) is 34.1 Å². The Morgan fingerprint density at radius 2 is 0.912 bits per heavy atom. The van der Waals surface area contributed by atoms with Crippen LogP contribution in [0.5, 0.6) is 0 Å². The second kappa shape index (κ2) is 22.5. The minimum absolute atomic E-state index is 0.473. The molecular weight excluding hydrogens is 416 g/mol. The summed E-state index contributed by atoms with van der Waals surface area (Å²) >= 11 is 0. The molecule has 0 spiro atoms. The molecule has 0 amide bonds. The smallest absolute Gasteiger partial charge is 0.133 e. The van der Waals surface area contributed by atoms with Crippen molar-refractivity contribution in [2.24, 2.45) is 11.8 Å². The number of hydrogen-bond donors (Lipinski definition) is 0. The van der Waals surface area contributed by atoms with Gasteiger partial charge < -0.3 is 0 Å². The monoisotopic (exact) mass is 474 g/mol. The Balaban J connectivity index is 0.000000340. The molecule has 1 saturated carbocycles. The normalized spacial score (nSPS) is 26.6. The Morgan fingerprint density at radius 1 is 0.500 bits per heavy atom. The van der Waals surface area contributed by atoms with Crippen molar-refractivity contribution in [1.82, 2.24) is 0 Å². The molecule has 198 valence electrons. The zero-order valence-corrected chi connectivity index (χ0v) is 23.1. The molecule has 1 fully saturated rings. The van der Waals surface area contributed by atoms with Gasteiger partial charge in [0, 0.05) is 25.7 Å². The molecule has 34 heavy (non-hydrogen) atoms. The van der Waals surface area contributed by atoms with Gasteiger partial charge in [0.1, 0.15) is 11.6 Å². The number of carbonyl (C=O) groups is 2. The molecular formula is C32H58O2. The summed E-state index contributed by atoms with van der Waals surface area (Å²) in [5, 5.41) is 0. The summed E-state index contributed by atoms with van der Waals surface area (Å²) in [6, 6.07) is 0.